The van der Waals surface area contributed by atoms with E-state index in [1.807, 2.05) is 0 Å². The van der Waals surface area contributed by atoms with Gasteiger partial charge in [0.15, 0.2) is 0 Å². The second kappa shape index (κ2) is 5.45. The van der Waals surface area contributed by atoms with Crippen LogP contribution in [0.5, 0.6) is 0 Å². The third-order valence-electron chi connectivity index (χ3n) is 3.86. The quantitative estimate of drug-likeness (QED) is 0.734. The summed E-state index contributed by atoms with van der Waals surface area (Å²) >= 11 is 0. The molecule has 0 aromatic rings. The Morgan fingerprint density at radius 2 is 2.12 bits per heavy atom. The second-order valence-corrected chi connectivity index (χ2v) is 5.38. The topological polar surface area (TPSA) is 27.7 Å². The van der Waals surface area contributed by atoms with Gasteiger partial charge in [0.05, 0.1) is 12.7 Å². The molecule has 0 saturated carbocycles. The molecule has 0 aliphatic carbocycles. The first-order chi connectivity index (χ1) is 7.65. The Morgan fingerprint density at radius 3 is 2.75 bits per heavy atom. The lowest BCUT2D eigenvalue weighted by atomic mass is 10.2. The molecule has 0 amide bonds. The summed E-state index contributed by atoms with van der Waals surface area (Å²) in [7, 11) is 4.37. The summed E-state index contributed by atoms with van der Waals surface area (Å²) in [5, 5.41) is 3.64. The predicted molar refractivity (Wildman–Crippen MR) is 65.7 cm³/mol. The number of morpholine rings is 1. The van der Waals surface area contributed by atoms with E-state index in [4.69, 9.17) is 4.74 Å². The van der Waals surface area contributed by atoms with Gasteiger partial charge < -0.3 is 19.9 Å². The fourth-order valence-electron chi connectivity index (χ4n) is 2.63. The number of nitrogens with one attached hydrogen (secondary N) is 1. The van der Waals surface area contributed by atoms with Crippen LogP contribution in [-0.4, -0.2) is 74.9 Å². The summed E-state index contributed by atoms with van der Waals surface area (Å²) in [5.74, 6) is 0. The zero-order valence-corrected chi connectivity index (χ0v) is 10.8. The van der Waals surface area contributed by atoms with Crippen molar-refractivity contribution in [2.75, 3.05) is 46.9 Å². The normalized spacial score (nSPS) is 38.1. The Kier molecular flexibility index (Phi) is 4.19. The van der Waals surface area contributed by atoms with Crippen LogP contribution in [0.3, 0.4) is 0 Å². The van der Waals surface area contributed by atoms with Crippen molar-refractivity contribution in [3.05, 3.63) is 0 Å². The van der Waals surface area contributed by atoms with Crippen molar-refractivity contribution in [2.24, 2.45) is 0 Å². The highest BCUT2D eigenvalue weighted by atomic mass is 16.5. The fraction of sp³-hybridized carbons (Fsp3) is 1.00. The molecule has 0 aromatic carbocycles. The molecule has 2 aliphatic heterocycles. The number of hydrogen-bond acceptors (Lipinski definition) is 4. The Bertz CT molecular complexity index is 210. The minimum Gasteiger partial charge on any atom is -0.374 e. The van der Waals surface area contributed by atoms with Crippen molar-refractivity contribution in [1.29, 1.82) is 0 Å². The van der Waals surface area contributed by atoms with Crippen LogP contribution in [0.1, 0.15) is 13.3 Å². The molecular weight excluding hydrogens is 202 g/mol. The van der Waals surface area contributed by atoms with E-state index in [0.717, 1.165) is 26.2 Å². The first-order valence-corrected chi connectivity index (χ1v) is 6.39. The fourth-order valence-corrected chi connectivity index (χ4v) is 2.63. The van der Waals surface area contributed by atoms with Crippen molar-refractivity contribution >= 4 is 0 Å². The standard InChI is InChI=1S/C12H25N3O/c1-10-6-11(8-15(10)3)13-7-12-9-14(2)4-5-16-12/h10-13H,4-9H2,1-3H3. The zero-order chi connectivity index (χ0) is 11.5. The molecule has 2 rings (SSSR count). The van der Waals surface area contributed by atoms with Gasteiger partial charge in [-0.1, -0.05) is 0 Å². The van der Waals surface area contributed by atoms with Gasteiger partial charge in [0.2, 0.25) is 0 Å². The van der Waals surface area contributed by atoms with Crippen molar-refractivity contribution < 1.29 is 4.74 Å². The van der Waals surface area contributed by atoms with Gasteiger partial charge >= 0.3 is 0 Å². The lowest BCUT2D eigenvalue weighted by Gasteiger charge is -2.30. The predicted octanol–water partition coefficient (Wildman–Crippen LogP) is -0.000800. The van der Waals surface area contributed by atoms with Gasteiger partial charge in [-0.25, -0.2) is 0 Å². The zero-order valence-electron chi connectivity index (χ0n) is 10.8. The van der Waals surface area contributed by atoms with Crippen molar-refractivity contribution in [3.63, 3.8) is 0 Å². The van der Waals surface area contributed by atoms with Gasteiger partial charge in [0.1, 0.15) is 0 Å². The van der Waals surface area contributed by atoms with Gasteiger partial charge in [-0.05, 0) is 27.4 Å². The molecule has 2 aliphatic rings. The number of likely N-dealkylation sites (tertiary alicyclic amines) is 1. The lowest BCUT2D eigenvalue weighted by molar-refractivity contribution is -0.0191. The van der Waals surface area contributed by atoms with Crippen LogP contribution in [0.2, 0.25) is 0 Å². The SMILES string of the molecule is CC1CC(NCC2CN(C)CCO2)CN1C. The van der Waals surface area contributed by atoms with Crippen LogP contribution in [0.4, 0.5) is 0 Å². The summed E-state index contributed by atoms with van der Waals surface area (Å²) in [6, 6.07) is 1.36. The molecule has 94 valence electrons. The van der Waals surface area contributed by atoms with E-state index in [9.17, 15) is 0 Å². The maximum atomic E-state index is 5.74. The van der Waals surface area contributed by atoms with E-state index in [-0.39, 0.29) is 0 Å². The smallest absolute Gasteiger partial charge is 0.0826 e. The Balaban J connectivity index is 1.67. The first kappa shape index (κ1) is 12.3. The summed E-state index contributed by atoms with van der Waals surface area (Å²) in [6.45, 7) is 7.47. The van der Waals surface area contributed by atoms with Gasteiger partial charge in [-0.2, -0.15) is 0 Å². The lowest BCUT2D eigenvalue weighted by Crippen LogP contribution is -2.47. The molecule has 0 spiro atoms. The van der Waals surface area contributed by atoms with Crippen molar-refractivity contribution in [3.8, 4) is 0 Å². The van der Waals surface area contributed by atoms with E-state index in [2.05, 4.69) is 36.1 Å². The van der Waals surface area contributed by atoms with E-state index in [1.54, 1.807) is 0 Å². The van der Waals surface area contributed by atoms with Crippen molar-refractivity contribution in [2.45, 2.75) is 31.5 Å². The van der Waals surface area contributed by atoms with Crippen LogP contribution >= 0.6 is 0 Å². The molecular formula is C12H25N3O. The molecule has 2 heterocycles. The molecule has 1 N–H and O–H groups in total. The largest absolute Gasteiger partial charge is 0.374 e. The van der Waals surface area contributed by atoms with Gasteiger partial charge in [-0.3, -0.25) is 0 Å². The minimum absolute atomic E-state index is 0.375. The van der Waals surface area contributed by atoms with Crippen LogP contribution in [-0.2, 0) is 4.74 Å². The van der Waals surface area contributed by atoms with Gasteiger partial charge in [0.25, 0.3) is 0 Å². The number of likely N-dealkylation sites (N-methyl/N-ethyl adjacent to an activating group) is 2. The Labute approximate surface area is 98.9 Å². The first-order valence-electron chi connectivity index (χ1n) is 6.39. The van der Waals surface area contributed by atoms with Crippen LogP contribution in [0, 0.1) is 0 Å². The highest BCUT2D eigenvalue weighted by Gasteiger charge is 2.27. The van der Waals surface area contributed by atoms with Crippen LogP contribution in [0.15, 0.2) is 0 Å². The third-order valence-corrected chi connectivity index (χ3v) is 3.86. The maximum Gasteiger partial charge on any atom is 0.0826 e. The molecule has 0 radical (unpaired) electrons. The summed E-state index contributed by atoms with van der Waals surface area (Å²) in [6.07, 6.45) is 1.64. The van der Waals surface area contributed by atoms with Crippen LogP contribution < -0.4 is 5.32 Å². The Morgan fingerprint density at radius 1 is 1.31 bits per heavy atom. The highest BCUT2D eigenvalue weighted by molar-refractivity contribution is 4.86. The third kappa shape index (κ3) is 3.17. The van der Waals surface area contributed by atoms with Crippen LogP contribution in [0.25, 0.3) is 0 Å². The van der Waals surface area contributed by atoms with E-state index < -0.39 is 0 Å². The average molecular weight is 227 g/mol. The average Bonchev–Trinajstić information content (AvgIpc) is 2.56. The van der Waals surface area contributed by atoms with E-state index in [1.165, 1.54) is 13.0 Å². The van der Waals surface area contributed by atoms with E-state index in [0.29, 0.717) is 18.2 Å². The number of hydrogen-bond donors (Lipinski definition) is 1. The molecule has 2 saturated heterocycles. The molecule has 3 unspecified atom stereocenters. The summed E-state index contributed by atoms with van der Waals surface area (Å²) in [5.41, 5.74) is 0. The number of nitrogens with zero attached hydrogens (tertiary/aromatic N) is 2. The molecule has 3 atom stereocenters. The highest BCUT2D eigenvalue weighted by Crippen LogP contribution is 2.15. The molecule has 0 bridgehead atoms. The molecule has 16 heavy (non-hydrogen) atoms. The monoisotopic (exact) mass is 227 g/mol. The number of rotatable bonds is 3. The van der Waals surface area contributed by atoms with Gasteiger partial charge in [0, 0.05) is 38.3 Å². The number of ether oxygens (including phenoxy) is 1. The molecule has 2 fully saturated rings. The van der Waals surface area contributed by atoms with Crippen molar-refractivity contribution in [1.82, 2.24) is 15.1 Å². The maximum absolute atomic E-state index is 5.74. The summed E-state index contributed by atoms with van der Waals surface area (Å²) in [4.78, 5) is 4.77. The minimum atomic E-state index is 0.375. The summed E-state index contributed by atoms with van der Waals surface area (Å²) < 4.78 is 5.74. The molecule has 4 heteroatoms. The van der Waals surface area contributed by atoms with Gasteiger partial charge in [-0.15, -0.1) is 0 Å². The second-order valence-electron chi connectivity index (χ2n) is 5.38. The molecule has 4 nitrogen and oxygen atoms in total. The molecule has 0 aromatic heterocycles. The Hall–Kier alpha value is -0.160. The van der Waals surface area contributed by atoms with E-state index >= 15 is 0 Å².